The van der Waals surface area contributed by atoms with Crippen molar-refractivity contribution in [2.24, 2.45) is 0 Å². The highest BCUT2D eigenvalue weighted by Crippen LogP contribution is 1.94. The van der Waals surface area contributed by atoms with Crippen LogP contribution in [0.3, 0.4) is 0 Å². The molecule has 1 rings (SSSR count). The number of anilines is 1. The summed E-state index contributed by atoms with van der Waals surface area (Å²) in [6.07, 6.45) is 3.13. The van der Waals surface area contributed by atoms with Gasteiger partial charge in [-0.2, -0.15) is 0 Å². The fourth-order valence-corrected chi connectivity index (χ4v) is 1.24. The quantitative estimate of drug-likeness (QED) is 0.600. The molecule has 1 heterocycles. The van der Waals surface area contributed by atoms with Crippen molar-refractivity contribution >= 4 is 11.9 Å². The molecule has 1 aromatic heterocycles. The molecule has 0 atom stereocenters. The van der Waals surface area contributed by atoms with Gasteiger partial charge in [0.15, 0.2) is 0 Å². The number of aliphatic hydroxyl groups excluding tert-OH is 1. The molecule has 0 aromatic carbocycles. The predicted octanol–water partition coefficient (Wildman–Crippen LogP) is -0.644. The molecule has 0 bridgehead atoms. The van der Waals surface area contributed by atoms with Crippen LogP contribution in [-0.4, -0.2) is 65.8 Å². The number of aromatic nitrogens is 2. The number of hydrogen-bond donors (Lipinski definition) is 2. The fourth-order valence-electron chi connectivity index (χ4n) is 1.24. The molecule has 7 heteroatoms. The highest BCUT2D eigenvalue weighted by molar-refractivity contribution is 5.90. The Morgan fingerprint density at radius 3 is 2.83 bits per heavy atom. The molecule has 0 spiro atoms. The molecular formula is C11H18N4O3. The first-order valence-electron chi connectivity index (χ1n) is 5.66. The summed E-state index contributed by atoms with van der Waals surface area (Å²) < 4.78 is 5.11. The second kappa shape index (κ2) is 8.51. The Hall–Kier alpha value is -1.57. The maximum absolute atomic E-state index is 11.6. The SMILES string of the molecule is CN(CCOCCO)CC(=O)Nc1ncccn1. The van der Waals surface area contributed by atoms with Gasteiger partial charge < -0.3 is 9.84 Å². The van der Waals surface area contributed by atoms with E-state index < -0.39 is 0 Å². The highest BCUT2D eigenvalue weighted by atomic mass is 16.5. The average molecular weight is 254 g/mol. The molecule has 0 unspecified atom stereocenters. The summed E-state index contributed by atoms with van der Waals surface area (Å²) in [5.41, 5.74) is 0. The van der Waals surface area contributed by atoms with E-state index in [2.05, 4.69) is 15.3 Å². The van der Waals surface area contributed by atoms with Crippen LogP contribution in [0.4, 0.5) is 5.95 Å². The first-order chi connectivity index (χ1) is 8.72. The van der Waals surface area contributed by atoms with E-state index >= 15 is 0 Å². The van der Waals surface area contributed by atoms with E-state index in [1.807, 2.05) is 11.9 Å². The minimum Gasteiger partial charge on any atom is -0.394 e. The summed E-state index contributed by atoms with van der Waals surface area (Å²) in [5.74, 6) is 0.123. The van der Waals surface area contributed by atoms with Crippen molar-refractivity contribution in [1.82, 2.24) is 14.9 Å². The monoisotopic (exact) mass is 254 g/mol. The predicted molar refractivity (Wildman–Crippen MR) is 66.1 cm³/mol. The third kappa shape index (κ3) is 6.24. The van der Waals surface area contributed by atoms with Crippen molar-refractivity contribution in [2.75, 3.05) is 45.3 Å². The van der Waals surface area contributed by atoms with Crippen LogP contribution in [-0.2, 0) is 9.53 Å². The van der Waals surface area contributed by atoms with Crippen molar-refractivity contribution in [3.8, 4) is 0 Å². The third-order valence-corrected chi connectivity index (χ3v) is 2.08. The molecule has 0 radical (unpaired) electrons. The summed E-state index contributed by atoms with van der Waals surface area (Å²) in [6.45, 7) is 1.66. The van der Waals surface area contributed by atoms with Gasteiger partial charge in [-0.25, -0.2) is 9.97 Å². The van der Waals surface area contributed by atoms with E-state index in [9.17, 15) is 4.79 Å². The van der Waals surface area contributed by atoms with Gasteiger partial charge in [-0.3, -0.25) is 15.0 Å². The zero-order chi connectivity index (χ0) is 13.2. The van der Waals surface area contributed by atoms with Crippen molar-refractivity contribution in [1.29, 1.82) is 0 Å². The van der Waals surface area contributed by atoms with Gasteiger partial charge in [-0.05, 0) is 13.1 Å². The Kier molecular flexibility index (Phi) is 6.85. The van der Waals surface area contributed by atoms with Crippen LogP contribution in [0.15, 0.2) is 18.5 Å². The lowest BCUT2D eigenvalue weighted by molar-refractivity contribution is -0.117. The van der Waals surface area contributed by atoms with Crippen LogP contribution in [0.25, 0.3) is 0 Å². The molecular weight excluding hydrogens is 236 g/mol. The molecule has 18 heavy (non-hydrogen) atoms. The van der Waals surface area contributed by atoms with Crippen LogP contribution in [0.5, 0.6) is 0 Å². The van der Waals surface area contributed by atoms with E-state index in [-0.39, 0.29) is 19.1 Å². The van der Waals surface area contributed by atoms with Crippen LogP contribution in [0, 0.1) is 0 Å². The number of carbonyl (C=O) groups is 1. The lowest BCUT2D eigenvalue weighted by Crippen LogP contribution is -2.33. The number of aliphatic hydroxyl groups is 1. The second-order valence-corrected chi connectivity index (χ2v) is 3.69. The highest BCUT2D eigenvalue weighted by Gasteiger charge is 2.07. The molecule has 0 saturated carbocycles. The summed E-state index contributed by atoms with van der Waals surface area (Å²) in [4.78, 5) is 21.2. The molecule has 100 valence electrons. The molecule has 1 amide bonds. The van der Waals surface area contributed by atoms with Gasteiger partial charge in [-0.15, -0.1) is 0 Å². The number of ether oxygens (including phenoxy) is 1. The molecule has 7 nitrogen and oxygen atoms in total. The van der Waals surface area contributed by atoms with E-state index in [1.165, 1.54) is 0 Å². The fraction of sp³-hybridized carbons (Fsp3) is 0.545. The van der Waals surface area contributed by atoms with Crippen molar-refractivity contribution in [2.45, 2.75) is 0 Å². The van der Waals surface area contributed by atoms with Crippen molar-refractivity contribution in [3.05, 3.63) is 18.5 Å². The minimum absolute atomic E-state index is 0.00947. The van der Waals surface area contributed by atoms with Crippen LogP contribution < -0.4 is 5.32 Å². The summed E-state index contributed by atoms with van der Waals surface area (Å²) in [7, 11) is 1.81. The summed E-state index contributed by atoms with van der Waals surface area (Å²) in [6, 6.07) is 1.68. The Morgan fingerprint density at radius 1 is 1.44 bits per heavy atom. The molecule has 0 fully saturated rings. The first kappa shape index (κ1) is 14.5. The lowest BCUT2D eigenvalue weighted by Gasteiger charge is -2.15. The third-order valence-electron chi connectivity index (χ3n) is 2.08. The lowest BCUT2D eigenvalue weighted by atomic mass is 10.5. The van der Waals surface area contributed by atoms with Crippen LogP contribution in [0.1, 0.15) is 0 Å². The van der Waals surface area contributed by atoms with Gasteiger partial charge >= 0.3 is 0 Å². The van der Waals surface area contributed by atoms with E-state index in [4.69, 9.17) is 9.84 Å². The Morgan fingerprint density at radius 2 is 2.17 bits per heavy atom. The molecule has 0 aliphatic rings. The molecule has 0 aliphatic heterocycles. The topological polar surface area (TPSA) is 87.6 Å². The van der Waals surface area contributed by atoms with Gasteiger partial charge in [0.2, 0.25) is 11.9 Å². The van der Waals surface area contributed by atoms with E-state index in [0.29, 0.717) is 25.7 Å². The van der Waals surface area contributed by atoms with Gasteiger partial charge in [0, 0.05) is 18.9 Å². The second-order valence-electron chi connectivity index (χ2n) is 3.69. The zero-order valence-electron chi connectivity index (χ0n) is 10.4. The number of likely N-dealkylation sites (N-methyl/N-ethyl adjacent to an activating group) is 1. The Balaban J connectivity index is 2.19. The number of nitrogens with zero attached hydrogens (tertiary/aromatic N) is 3. The standard InChI is InChI=1S/C11H18N4O3/c1-15(5-7-18-8-6-16)9-10(17)14-11-12-3-2-4-13-11/h2-4,16H,5-9H2,1H3,(H,12,13,14,17). The number of carbonyl (C=O) groups excluding carboxylic acids is 1. The summed E-state index contributed by atoms with van der Waals surface area (Å²) in [5, 5.41) is 11.1. The van der Waals surface area contributed by atoms with Crippen LogP contribution in [0.2, 0.25) is 0 Å². The average Bonchev–Trinajstić information content (AvgIpc) is 2.35. The zero-order valence-corrected chi connectivity index (χ0v) is 10.4. The van der Waals surface area contributed by atoms with Crippen LogP contribution >= 0.6 is 0 Å². The Bertz CT molecular complexity index is 347. The molecule has 2 N–H and O–H groups in total. The Labute approximate surface area is 106 Å². The van der Waals surface area contributed by atoms with Gasteiger partial charge in [0.05, 0.1) is 26.4 Å². The maximum atomic E-state index is 11.6. The van der Waals surface area contributed by atoms with E-state index in [0.717, 1.165) is 0 Å². The number of hydrogen-bond acceptors (Lipinski definition) is 6. The largest absolute Gasteiger partial charge is 0.394 e. The summed E-state index contributed by atoms with van der Waals surface area (Å²) >= 11 is 0. The molecule has 1 aromatic rings. The van der Waals surface area contributed by atoms with Gasteiger partial charge in [0.1, 0.15) is 0 Å². The molecule has 0 aliphatic carbocycles. The van der Waals surface area contributed by atoms with Gasteiger partial charge in [0.25, 0.3) is 0 Å². The maximum Gasteiger partial charge on any atom is 0.240 e. The number of amides is 1. The van der Waals surface area contributed by atoms with E-state index in [1.54, 1.807) is 18.5 Å². The first-order valence-corrected chi connectivity index (χ1v) is 5.66. The van der Waals surface area contributed by atoms with Gasteiger partial charge in [-0.1, -0.05) is 0 Å². The smallest absolute Gasteiger partial charge is 0.240 e. The molecule has 0 saturated heterocycles. The number of nitrogens with one attached hydrogen (secondary N) is 1. The van der Waals surface area contributed by atoms with Crippen molar-refractivity contribution in [3.63, 3.8) is 0 Å². The van der Waals surface area contributed by atoms with Crippen molar-refractivity contribution < 1.29 is 14.6 Å². The minimum atomic E-state index is -0.175. The normalized spacial score (nSPS) is 10.6. The number of rotatable bonds is 8.